The van der Waals surface area contributed by atoms with Crippen molar-refractivity contribution >= 4 is 17.8 Å². The molecule has 3 aromatic rings. The average Bonchev–Trinajstić information content (AvgIpc) is 3.27. The molecule has 0 atom stereocenters. The maximum atomic E-state index is 12.6. The van der Waals surface area contributed by atoms with Gasteiger partial charge in [-0.3, -0.25) is 14.5 Å². The highest BCUT2D eigenvalue weighted by molar-refractivity contribution is 5.98. The zero-order valence-corrected chi connectivity index (χ0v) is 14.2. The minimum Gasteiger partial charge on any atom is -0.467 e. The fraction of sp³-hybridized carbons (Fsp3) is 0.167. The number of benzene rings is 1. The maximum absolute atomic E-state index is 12.6. The first kappa shape index (κ1) is 18.4. The molecule has 0 aliphatic heterocycles. The Morgan fingerprint density at radius 2 is 2.04 bits per heavy atom. The number of carbonyl (C=O) groups excluding carboxylic acids is 1. The number of nitrogens with one attached hydrogen (secondary N) is 1. The molecule has 9 heteroatoms. The molecule has 1 aromatic carbocycles. The molecule has 2 aromatic heterocycles. The number of amides is 1. The molecule has 0 unspecified atom stereocenters. The Bertz CT molecular complexity index is 942. The summed E-state index contributed by atoms with van der Waals surface area (Å²) in [6, 6.07) is 8.00. The van der Waals surface area contributed by atoms with Gasteiger partial charge in [-0.05, 0) is 29.8 Å². The second-order valence-corrected chi connectivity index (χ2v) is 5.64. The highest BCUT2D eigenvalue weighted by Gasteiger charge is 2.29. The molecule has 6 nitrogen and oxygen atoms in total. The van der Waals surface area contributed by atoms with Crippen LogP contribution in [0.15, 0.2) is 58.3 Å². The van der Waals surface area contributed by atoms with Crippen LogP contribution in [0.5, 0.6) is 0 Å². The van der Waals surface area contributed by atoms with Gasteiger partial charge in [0.25, 0.3) is 5.91 Å². The first-order chi connectivity index (χ1) is 12.8. The summed E-state index contributed by atoms with van der Waals surface area (Å²) in [4.78, 5) is 16.6. The van der Waals surface area contributed by atoms with Gasteiger partial charge in [0.1, 0.15) is 11.4 Å². The van der Waals surface area contributed by atoms with Crippen molar-refractivity contribution in [3.8, 4) is 0 Å². The number of furan rings is 1. The van der Waals surface area contributed by atoms with Gasteiger partial charge in [-0.15, -0.1) is 0 Å². The van der Waals surface area contributed by atoms with E-state index in [4.69, 9.17) is 4.42 Å². The Labute approximate surface area is 152 Å². The van der Waals surface area contributed by atoms with Gasteiger partial charge >= 0.3 is 6.18 Å². The van der Waals surface area contributed by atoms with E-state index in [1.807, 2.05) is 0 Å². The third kappa shape index (κ3) is 4.43. The maximum Gasteiger partial charge on any atom is 0.416 e. The first-order valence-corrected chi connectivity index (χ1v) is 7.88. The predicted molar refractivity (Wildman–Crippen MR) is 91.8 cm³/mol. The molecule has 2 heterocycles. The highest BCUT2D eigenvalue weighted by Crippen LogP contribution is 2.29. The Kier molecular flexibility index (Phi) is 5.11. The van der Waals surface area contributed by atoms with Crippen LogP contribution in [0.3, 0.4) is 0 Å². The number of aryl methyl sites for hydroxylation is 1. The summed E-state index contributed by atoms with van der Waals surface area (Å²) in [7, 11) is 1.60. The summed E-state index contributed by atoms with van der Waals surface area (Å²) in [5, 5.41) is 6.71. The van der Waals surface area contributed by atoms with E-state index in [1.165, 1.54) is 35.5 Å². The summed E-state index contributed by atoms with van der Waals surface area (Å²) >= 11 is 0. The monoisotopic (exact) mass is 376 g/mol. The molecule has 0 radical (unpaired) electrons. The van der Waals surface area contributed by atoms with E-state index < -0.39 is 17.6 Å². The number of aromatic nitrogens is 2. The number of nitrogens with zero attached hydrogens (tertiary/aromatic N) is 3. The molecule has 0 bridgehead atoms. The molecule has 27 heavy (non-hydrogen) atoms. The van der Waals surface area contributed by atoms with Crippen molar-refractivity contribution < 1.29 is 22.4 Å². The van der Waals surface area contributed by atoms with Gasteiger partial charge in [0, 0.05) is 13.3 Å². The summed E-state index contributed by atoms with van der Waals surface area (Å²) in [6.45, 7) is 0.207. The smallest absolute Gasteiger partial charge is 0.416 e. The molecule has 3 rings (SSSR count). The Hall–Kier alpha value is -3.36. The molecule has 0 saturated carbocycles. The van der Waals surface area contributed by atoms with E-state index in [0.29, 0.717) is 17.0 Å². The Morgan fingerprint density at radius 1 is 1.30 bits per heavy atom. The molecular formula is C18H15F3N4O2. The third-order valence-electron chi connectivity index (χ3n) is 3.73. The lowest BCUT2D eigenvalue weighted by molar-refractivity contribution is -0.137. The third-order valence-corrected chi connectivity index (χ3v) is 3.73. The van der Waals surface area contributed by atoms with Crippen LogP contribution >= 0.6 is 0 Å². The van der Waals surface area contributed by atoms with Crippen molar-refractivity contribution in [3.05, 3.63) is 71.4 Å². The van der Waals surface area contributed by atoms with Gasteiger partial charge < -0.3 is 9.73 Å². The van der Waals surface area contributed by atoms with Crippen molar-refractivity contribution in [1.82, 2.24) is 15.1 Å². The van der Waals surface area contributed by atoms with Crippen LogP contribution in [0.4, 0.5) is 18.9 Å². The van der Waals surface area contributed by atoms with Crippen molar-refractivity contribution in [2.24, 2.45) is 12.0 Å². The van der Waals surface area contributed by atoms with Gasteiger partial charge in [-0.2, -0.15) is 18.3 Å². The van der Waals surface area contributed by atoms with Crippen molar-refractivity contribution in [2.75, 3.05) is 0 Å². The molecule has 140 valence electrons. The number of hydrogen-bond donors (Lipinski definition) is 1. The van der Waals surface area contributed by atoms with Crippen LogP contribution in [0, 0.1) is 0 Å². The van der Waals surface area contributed by atoms with Crippen LogP contribution in [-0.2, 0) is 19.8 Å². The second kappa shape index (κ2) is 7.48. The second-order valence-electron chi connectivity index (χ2n) is 5.64. The van der Waals surface area contributed by atoms with Gasteiger partial charge in [-0.1, -0.05) is 12.1 Å². The molecule has 0 spiro atoms. The van der Waals surface area contributed by atoms with Gasteiger partial charge in [0.2, 0.25) is 0 Å². The fourth-order valence-electron chi connectivity index (χ4n) is 2.35. The summed E-state index contributed by atoms with van der Waals surface area (Å²) in [5.41, 5.74) is 0.256. The van der Waals surface area contributed by atoms with E-state index in [0.717, 1.165) is 12.1 Å². The number of alkyl halides is 3. The van der Waals surface area contributed by atoms with Crippen molar-refractivity contribution in [1.29, 1.82) is 0 Å². The number of aliphatic imine (C=N–C) groups is 1. The van der Waals surface area contributed by atoms with Crippen molar-refractivity contribution in [2.45, 2.75) is 12.7 Å². The number of hydrogen-bond acceptors (Lipinski definition) is 4. The van der Waals surface area contributed by atoms with E-state index in [1.54, 1.807) is 19.2 Å². The van der Waals surface area contributed by atoms with Crippen LogP contribution in [-0.4, -0.2) is 21.9 Å². The minimum atomic E-state index is -4.39. The number of halogens is 3. The van der Waals surface area contributed by atoms with Crippen molar-refractivity contribution in [3.63, 3.8) is 0 Å². The molecule has 1 N–H and O–H groups in total. The highest BCUT2D eigenvalue weighted by atomic mass is 19.4. The molecule has 0 aliphatic rings. The first-order valence-electron chi connectivity index (χ1n) is 7.88. The minimum absolute atomic E-state index is 0.207. The van der Waals surface area contributed by atoms with Gasteiger partial charge in [0.15, 0.2) is 5.69 Å². The van der Waals surface area contributed by atoms with Gasteiger partial charge in [0.05, 0.1) is 24.6 Å². The molecule has 0 saturated heterocycles. The summed E-state index contributed by atoms with van der Waals surface area (Å²) < 4.78 is 44.3. The lowest BCUT2D eigenvalue weighted by atomic mass is 10.1. The molecule has 1 amide bonds. The van der Waals surface area contributed by atoms with Crippen LogP contribution in [0.1, 0.15) is 27.4 Å². The zero-order chi connectivity index (χ0) is 19.4. The summed E-state index contributed by atoms with van der Waals surface area (Å²) in [6.07, 6.45) is -0.105. The number of rotatable bonds is 5. The lowest BCUT2D eigenvalue weighted by Crippen LogP contribution is -2.25. The van der Waals surface area contributed by atoms with Crippen LogP contribution in [0.2, 0.25) is 0 Å². The predicted octanol–water partition coefficient (Wildman–Crippen LogP) is 3.71. The quantitative estimate of drug-likeness (QED) is 0.690. The molecule has 0 aliphatic carbocycles. The lowest BCUT2D eigenvalue weighted by Gasteiger charge is -2.06. The topological polar surface area (TPSA) is 72.4 Å². The normalized spacial score (nSPS) is 11.9. The van der Waals surface area contributed by atoms with Gasteiger partial charge in [-0.25, -0.2) is 0 Å². The van der Waals surface area contributed by atoms with Crippen LogP contribution < -0.4 is 5.32 Å². The SMILES string of the molecule is Cn1ncc(N=Cc2ccc(C(F)(F)F)cc2)c1C(=O)NCc1ccco1. The molecular weight excluding hydrogens is 361 g/mol. The standard InChI is InChI=1S/C18H15F3N4O2/c1-25-16(17(26)23-10-14-3-2-8-27-14)15(11-24-25)22-9-12-4-6-13(7-5-12)18(19,20)21/h2-9,11H,10H2,1H3,(H,23,26). The summed E-state index contributed by atoms with van der Waals surface area (Å²) in [5.74, 6) is 0.200. The fourth-order valence-corrected chi connectivity index (χ4v) is 2.35. The van der Waals surface area contributed by atoms with E-state index in [9.17, 15) is 18.0 Å². The Morgan fingerprint density at radius 3 is 2.67 bits per heavy atom. The average molecular weight is 376 g/mol. The Balaban J connectivity index is 1.74. The van der Waals surface area contributed by atoms with E-state index in [2.05, 4.69) is 15.4 Å². The zero-order valence-electron chi connectivity index (χ0n) is 14.2. The molecule has 0 fully saturated rings. The number of carbonyl (C=O) groups is 1. The van der Waals surface area contributed by atoms with E-state index >= 15 is 0 Å². The van der Waals surface area contributed by atoms with Crippen LogP contribution in [0.25, 0.3) is 0 Å². The van der Waals surface area contributed by atoms with E-state index in [-0.39, 0.29) is 12.2 Å². The largest absolute Gasteiger partial charge is 0.467 e.